The molecule has 1 aromatic heterocycles. The highest BCUT2D eigenvalue weighted by Gasteiger charge is 2.25. The summed E-state index contributed by atoms with van der Waals surface area (Å²) in [7, 11) is 2.05. The highest BCUT2D eigenvalue weighted by atomic mass is 16.5. The molecule has 0 radical (unpaired) electrons. The molecule has 1 atom stereocenters. The van der Waals surface area contributed by atoms with E-state index in [-0.39, 0.29) is 18.6 Å². The number of rotatable bonds is 4. The Labute approximate surface area is 136 Å². The fourth-order valence-corrected chi connectivity index (χ4v) is 3.21. The summed E-state index contributed by atoms with van der Waals surface area (Å²) >= 11 is 0. The zero-order chi connectivity index (χ0) is 16.1. The summed E-state index contributed by atoms with van der Waals surface area (Å²) in [5.74, 6) is 1.11. The van der Waals surface area contributed by atoms with E-state index in [1.54, 1.807) is 0 Å². The van der Waals surface area contributed by atoms with Gasteiger partial charge in [-0.3, -0.25) is 4.90 Å². The maximum absolute atomic E-state index is 11.9. The molecule has 0 bridgehead atoms. The summed E-state index contributed by atoms with van der Waals surface area (Å²) in [4.78, 5) is 18.5. The SMILES string of the molecule is CN1CCNCC1c1noc(CNC(=O)NC2CCCCC2)n1. The smallest absolute Gasteiger partial charge is 0.315 e. The molecule has 2 aliphatic rings. The Kier molecular flexibility index (Phi) is 5.45. The lowest BCUT2D eigenvalue weighted by Crippen LogP contribution is -2.44. The van der Waals surface area contributed by atoms with Gasteiger partial charge in [-0.15, -0.1) is 0 Å². The first-order valence-corrected chi connectivity index (χ1v) is 8.50. The molecule has 1 saturated carbocycles. The van der Waals surface area contributed by atoms with E-state index in [1.165, 1.54) is 19.3 Å². The van der Waals surface area contributed by atoms with E-state index in [0.29, 0.717) is 17.8 Å². The lowest BCUT2D eigenvalue weighted by molar-refractivity contribution is 0.190. The van der Waals surface area contributed by atoms with Crippen LogP contribution in [0, 0.1) is 0 Å². The number of likely N-dealkylation sites (N-methyl/N-ethyl adjacent to an activating group) is 1. The van der Waals surface area contributed by atoms with Crippen molar-refractivity contribution in [2.24, 2.45) is 0 Å². The average molecular weight is 322 g/mol. The summed E-state index contributed by atoms with van der Waals surface area (Å²) < 4.78 is 5.25. The van der Waals surface area contributed by atoms with E-state index in [4.69, 9.17) is 4.52 Å². The Morgan fingerprint density at radius 1 is 1.39 bits per heavy atom. The van der Waals surface area contributed by atoms with Crippen molar-refractivity contribution in [3.05, 3.63) is 11.7 Å². The predicted octanol–water partition coefficient (Wildman–Crippen LogP) is 0.778. The number of urea groups is 1. The zero-order valence-electron chi connectivity index (χ0n) is 13.7. The lowest BCUT2D eigenvalue weighted by atomic mass is 9.96. The molecule has 2 heterocycles. The van der Waals surface area contributed by atoms with Crippen LogP contribution in [0.4, 0.5) is 4.79 Å². The average Bonchev–Trinajstić information content (AvgIpc) is 3.03. The minimum absolute atomic E-state index is 0.123. The van der Waals surface area contributed by atoms with E-state index in [2.05, 4.69) is 38.0 Å². The summed E-state index contributed by atoms with van der Waals surface area (Å²) in [5.41, 5.74) is 0. The van der Waals surface area contributed by atoms with Gasteiger partial charge in [0.15, 0.2) is 5.82 Å². The van der Waals surface area contributed by atoms with Crippen LogP contribution >= 0.6 is 0 Å². The van der Waals surface area contributed by atoms with Crippen LogP contribution in [0.5, 0.6) is 0 Å². The molecule has 0 aromatic carbocycles. The third kappa shape index (κ3) is 4.42. The second kappa shape index (κ2) is 7.74. The van der Waals surface area contributed by atoms with Gasteiger partial charge in [-0.1, -0.05) is 24.4 Å². The first-order valence-electron chi connectivity index (χ1n) is 8.50. The van der Waals surface area contributed by atoms with Crippen molar-refractivity contribution in [1.82, 2.24) is 31.0 Å². The largest absolute Gasteiger partial charge is 0.337 e. The molecule has 1 aliphatic carbocycles. The number of hydrogen-bond donors (Lipinski definition) is 3. The molecule has 3 N–H and O–H groups in total. The van der Waals surface area contributed by atoms with Crippen LogP contribution in [-0.2, 0) is 6.54 Å². The number of amides is 2. The van der Waals surface area contributed by atoms with Gasteiger partial charge in [0.2, 0.25) is 5.89 Å². The maximum Gasteiger partial charge on any atom is 0.315 e. The van der Waals surface area contributed by atoms with Crippen LogP contribution in [0.25, 0.3) is 0 Å². The van der Waals surface area contributed by atoms with E-state index in [0.717, 1.165) is 32.5 Å². The first kappa shape index (κ1) is 16.2. The zero-order valence-corrected chi connectivity index (χ0v) is 13.7. The molecule has 23 heavy (non-hydrogen) atoms. The monoisotopic (exact) mass is 322 g/mol. The third-order valence-electron chi connectivity index (χ3n) is 4.63. The van der Waals surface area contributed by atoms with Gasteiger partial charge in [0.1, 0.15) is 0 Å². The molecule has 1 aliphatic heterocycles. The van der Waals surface area contributed by atoms with Crippen molar-refractivity contribution < 1.29 is 9.32 Å². The Balaban J connectivity index is 1.46. The minimum atomic E-state index is -0.159. The topological polar surface area (TPSA) is 95.3 Å². The molecule has 3 rings (SSSR count). The normalized spacial score (nSPS) is 23.6. The van der Waals surface area contributed by atoms with Crippen LogP contribution in [-0.4, -0.2) is 53.8 Å². The van der Waals surface area contributed by atoms with Gasteiger partial charge < -0.3 is 20.5 Å². The van der Waals surface area contributed by atoms with E-state index in [1.807, 2.05) is 0 Å². The van der Waals surface area contributed by atoms with Crippen molar-refractivity contribution in [3.8, 4) is 0 Å². The van der Waals surface area contributed by atoms with E-state index >= 15 is 0 Å². The molecule has 2 amide bonds. The van der Waals surface area contributed by atoms with Crippen LogP contribution in [0.2, 0.25) is 0 Å². The van der Waals surface area contributed by atoms with Gasteiger partial charge in [0.25, 0.3) is 0 Å². The molecule has 8 nitrogen and oxygen atoms in total. The summed E-state index contributed by atoms with van der Waals surface area (Å²) in [6.45, 7) is 3.00. The van der Waals surface area contributed by atoms with Crippen molar-refractivity contribution >= 4 is 6.03 Å². The van der Waals surface area contributed by atoms with Crippen LogP contribution in [0.1, 0.15) is 49.9 Å². The molecule has 0 spiro atoms. The molecule has 1 unspecified atom stereocenters. The fraction of sp³-hybridized carbons (Fsp3) is 0.800. The third-order valence-corrected chi connectivity index (χ3v) is 4.63. The predicted molar refractivity (Wildman–Crippen MR) is 84.8 cm³/mol. The lowest BCUT2D eigenvalue weighted by Gasteiger charge is -2.30. The standard InChI is InChI=1S/C15H26N6O2/c1-21-8-7-16-9-12(21)14-19-13(23-20-14)10-17-15(22)18-11-5-3-2-4-6-11/h11-12,16H,2-10H2,1H3,(H2,17,18,22). The Bertz CT molecular complexity index is 514. The molecule has 2 fully saturated rings. The number of aromatic nitrogens is 2. The number of nitrogens with one attached hydrogen (secondary N) is 3. The molecule has 128 valence electrons. The van der Waals surface area contributed by atoms with Gasteiger partial charge in [-0.2, -0.15) is 4.98 Å². The highest BCUT2D eigenvalue weighted by Crippen LogP contribution is 2.18. The van der Waals surface area contributed by atoms with Gasteiger partial charge in [0, 0.05) is 25.7 Å². The quantitative estimate of drug-likeness (QED) is 0.758. The van der Waals surface area contributed by atoms with Crippen LogP contribution in [0.3, 0.4) is 0 Å². The number of piperazine rings is 1. The second-order valence-corrected chi connectivity index (χ2v) is 6.41. The Morgan fingerprint density at radius 3 is 3.00 bits per heavy atom. The van der Waals surface area contributed by atoms with Gasteiger partial charge in [-0.25, -0.2) is 4.79 Å². The first-order chi connectivity index (χ1) is 11.2. The van der Waals surface area contributed by atoms with Crippen molar-refractivity contribution in [1.29, 1.82) is 0 Å². The van der Waals surface area contributed by atoms with Crippen molar-refractivity contribution in [3.63, 3.8) is 0 Å². The maximum atomic E-state index is 11.9. The Hall–Kier alpha value is -1.67. The summed E-state index contributed by atoms with van der Waals surface area (Å²) in [6, 6.07) is 0.259. The second-order valence-electron chi connectivity index (χ2n) is 6.41. The summed E-state index contributed by atoms with van der Waals surface area (Å²) in [6.07, 6.45) is 5.80. The van der Waals surface area contributed by atoms with E-state index < -0.39 is 0 Å². The highest BCUT2D eigenvalue weighted by molar-refractivity contribution is 5.74. The molecule has 1 saturated heterocycles. The number of carbonyl (C=O) groups is 1. The van der Waals surface area contributed by atoms with Gasteiger partial charge in [-0.05, 0) is 19.9 Å². The fourth-order valence-electron chi connectivity index (χ4n) is 3.21. The minimum Gasteiger partial charge on any atom is -0.337 e. The number of carbonyl (C=O) groups excluding carboxylic acids is 1. The van der Waals surface area contributed by atoms with Crippen molar-refractivity contribution in [2.75, 3.05) is 26.7 Å². The molecular formula is C15H26N6O2. The van der Waals surface area contributed by atoms with Gasteiger partial charge >= 0.3 is 6.03 Å². The van der Waals surface area contributed by atoms with Crippen LogP contribution in [0.15, 0.2) is 4.52 Å². The van der Waals surface area contributed by atoms with Gasteiger partial charge in [0.05, 0.1) is 12.6 Å². The molecular weight excluding hydrogens is 296 g/mol. The van der Waals surface area contributed by atoms with Crippen molar-refractivity contribution in [2.45, 2.75) is 50.7 Å². The molecule has 1 aromatic rings. The number of nitrogens with zero attached hydrogens (tertiary/aromatic N) is 3. The summed E-state index contributed by atoms with van der Waals surface area (Å²) in [5, 5.41) is 13.2. The van der Waals surface area contributed by atoms with E-state index in [9.17, 15) is 4.79 Å². The van der Waals surface area contributed by atoms with Crippen LogP contribution < -0.4 is 16.0 Å². The Morgan fingerprint density at radius 2 is 2.22 bits per heavy atom. The number of hydrogen-bond acceptors (Lipinski definition) is 6. The molecule has 8 heteroatoms.